The van der Waals surface area contributed by atoms with Crippen LogP contribution in [0.5, 0.6) is 0 Å². The van der Waals surface area contributed by atoms with Crippen LogP contribution in [0.15, 0.2) is 16.1 Å². The van der Waals surface area contributed by atoms with Gasteiger partial charge in [-0.25, -0.2) is 0 Å². The van der Waals surface area contributed by atoms with Gasteiger partial charge in [0.05, 0.1) is 0 Å². The summed E-state index contributed by atoms with van der Waals surface area (Å²) in [5.74, 6) is 0.500. The highest BCUT2D eigenvalue weighted by Gasteiger charge is 2.14. The van der Waals surface area contributed by atoms with E-state index in [2.05, 4.69) is 28.5 Å². The maximum Gasteiger partial charge on any atom is 0.316 e. The van der Waals surface area contributed by atoms with Crippen LogP contribution in [0.25, 0.3) is 0 Å². The Morgan fingerprint density at radius 1 is 1.47 bits per heavy atom. The van der Waals surface area contributed by atoms with Gasteiger partial charge in [0.1, 0.15) is 6.61 Å². The van der Waals surface area contributed by atoms with Gasteiger partial charge in [-0.15, -0.1) is 5.10 Å². The predicted octanol–water partition coefficient (Wildman–Crippen LogP) is 2.52. The summed E-state index contributed by atoms with van der Waals surface area (Å²) in [5, 5.41) is 11.0. The molecule has 0 aromatic carbocycles. The number of ether oxygens (including phenoxy) is 1. The van der Waals surface area contributed by atoms with Crippen molar-refractivity contribution >= 4 is 6.01 Å². The lowest BCUT2D eigenvalue weighted by Crippen LogP contribution is -2.19. The average Bonchev–Trinajstić information content (AvgIpc) is 2.78. The largest absolute Gasteiger partial charge is 0.406 e. The molecule has 5 nitrogen and oxygen atoms in total. The molecule has 5 heteroatoms. The topological polar surface area (TPSA) is 60.2 Å². The minimum atomic E-state index is 0.256. The molecule has 0 amide bonds. The number of anilines is 1. The zero-order chi connectivity index (χ0) is 12.1. The van der Waals surface area contributed by atoms with Gasteiger partial charge < -0.3 is 14.5 Å². The number of aromatic nitrogens is 2. The van der Waals surface area contributed by atoms with Gasteiger partial charge in [0.15, 0.2) is 0 Å². The van der Waals surface area contributed by atoms with E-state index in [1.165, 1.54) is 24.8 Å². The summed E-state index contributed by atoms with van der Waals surface area (Å²) >= 11 is 0. The number of methoxy groups -OCH3 is 1. The molecule has 2 rings (SSSR count). The lowest BCUT2D eigenvalue weighted by Gasteiger charge is -2.19. The van der Waals surface area contributed by atoms with E-state index in [4.69, 9.17) is 9.15 Å². The zero-order valence-electron chi connectivity index (χ0n) is 10.4. The summed E-state index contributed by atoms with van der Waals surface area (Å²) in [6.07, 6.45) is 7.23. The van der Waals surface area contributed by atoms with E-state index in [0.717, 1.165) is 6.42 Å². The molecule has 1 aromatic rings. The fraction of sp³-hybridized carbons (Fsp3) is 0.667. The molecular formula is C12H19N3O2. The molecule has 1 heterocycles. The van der Waals surface area contributed by atoms with Gasteiger partial charge in [0.25, 0.3) is 0 Å². The molecular weight excluding hydrogens is 218 g/mol. The van der Waals surface area contributed by atoms with Gasteiger partial charge in [-0.2, -0.15) is 0 Å². The van der Waals surface area contributed by atoms with Gasteiger partial charge in [0.2, 0.25) is 5.89 Å². The minimum Gasteiger partial charge on any atom is -0.406 e. The second-order valence-electron chi connectivity index (χ2n) is 4.32. The number of nitrogens with one attached hydrogen (secondary N) is 1. The Balaban J connectivity index is 1.92. The minimum absolute atomic E-state index is 0.256. The first-order chi connectivity index (χ1) is 8.29. The molecule has 1 aliphatic rings. The van der Waals surface area contributed by atoms with Crippen LogP contribution in [0.2, 0.25) is 0 Å². The quantitative estimate of drug-likeness (QED) is 0.797. The monoisotopic (exact) mass is 237 g/mol. The molecule has 0 spiro atoms. The average molecular weight is 237 g/mol. The molecule has 17 heavy (non-hydrogen) atoms. The fourth-order valence-corrected chi connectivity index (χ4v) is 2.03. The van der Waals surface area contributed by atoms with Gasteiger partial charge in [-0.05, 0) is 32.6 Å². The highest BCUT2D eigenvalue weighted by Crippen LogP contribution is 2.22. The number of rotatable bonds is 5. The first-order valence-corrected chi connectivity index (χ1v) is 6.06. The van der Waals surface area contributed by atoms with E-state index in [9.17, 15) is 0 Å². The Hall–Kier alpha value is -1.36. The Morgan fingerprint density at radius 2 is 2.35 bits per heavy atom. The molecule has 1 aliphatic carbocycles. The summed E-state index contributed by atoms with van der Waals surface area (Å²) in [6.45, 7) is 2.48. The molecule has 1 aromatic heterocycles. The maximum absolute atomic E-state index is 5.40. The molecule has 94 valence electrons. The molecule has 0 fully saturated rings. The number of hydrogen-bond acceptors (Lipinski definition) is 5. The normalized spacial score (nSPS) is 17.6. The van der Waals surface area contributed by atoms with E-state index >= 15 is 0 Å². The first kappa shape index (κ1) is 12.1. The molecule has 0 aliphatic heterocycles. The second-order valence-corrected chi connectivity index (χ2v) is 4.32. The van der Waals surface area contributed by atoms with Crippen LogP contribution in [0.3, 0.4) is 0 Å². The number of hydrogen-bond donors (Lipinski definition) is 1. The van der Waals surface area contributed by atoms with E-state index in [-0.39, 0.29) is 6.04 Å². The van der Waals surface area contributed by atoms with Crippen molar-refractivity contribution in [2.24, 2.45) is 0 Å². The lowest BCUT2D eigenvalue weighted by molar-refractivity contribution is 0.160. The Bertz CT molecular complexity index is 387. The van der Waals surface area contributed by atoms with E-state index in [1.807, 2.05) is 0 Å². The third-order valence-electron chi connectivity index (χ3n) is 2.96. The smallest absolute Gasteiger partial charge is 0.316 e. The van der Waals surface area contributed by atoms with Crippen molar-refractivity contribution in [1.82, 2.24) is 10.2 Å². The van der Waals surface area contributed by atoms with Crippen molar-refractivity contribution in [2.45, 2.75) is 45.3 Å². The maximum atomic E-state index is 5.40. The van der Waals surface area contributed by atoms with Crippen LogP contribution in [0.4, 0.5) is 6.01 Å². The highest BCUT2D eigenvalue weighted by atomic mass is 16.5. The Kier molecular flexibility index (Phi) is 4.14. The Labute approximate surface area is 101 Å². The molecule has 1 N–H and O–H groups in total. The van der Waals surface area contributed by atoms with Crippen molar-refractivity contribution in [1.29, 1.82) is 0 Å². The molecule has 0 radical (unpaired) electrons. The van der Waals surface area contributed by atoms with Gasteiger partial charge in [0, 0.05) is 13.2 Å². The third kappa shape index (κ3) is 3.30. The van der Waals surface area contributed by atoms with E-state index in [0.29, 0.717) is 18.5 Å². The second kappa shape index (κ2) is 5.82. The van der Waals surface area contributed by atoms with Crippen LogP contribution in [0, 0.1) is 0 Å². The van der Waals surface area contributed by atoms with Crippen LogP contribution in [0.1, 0.15) is 38.5 Å². The van der Waals surface area contributed by atoms with Gasteiger partial charge >= 0.3 is 6.01 Å². The van der Waals surface area contributed by atoms with Crippen LogP contribution in [-0.2, 0) is 11.3 Å². The molecule has 1 atom stereocenters. The summed E-state index contributed by atoms with van der Waals surface area (Å²) in [6, 6.07) is 0.724. The third-order valence-corrected chi connectivity index (χ3v) is 2.96. The van der Waals surface area contributed by atoms with Crippen molar-refractivity contribution in [2.75, 3.05) is 12.4 Å². The lowest BCUT2D eigenvalue weighted by atomic mass is 9.95. The van der Waals surface area contributed by atoms with E-state index < -0.39 is 0 Å². The van der Waals surface area contributed by atoms with Gasteiger partial charge in [-0.3, -0.25) is 0 Å². The molecule has 0 saturated carbocycles. The summed E-state index contributed by atoms with van der Waals surface area (Å²) < 4.78 is 10.3. The van der Waals surface area contributed by atoms with Crippen molar-refractivity contribution in [3.05, 3.63) is 17.5 Å². The summed E-state index contributed by atoms with van der Waals surface area (Å²) in [4.78, 5) is 0. The van der Waals surface area contributed by atoms with Crippen molar-refractivity contribution in [3.8, 4) is 0 Å². The van der Waals surface area contributed by atoms with Gasteiger partial charge in [-0.1, -0.05) is 16.7 Å². The Morgan fingerprint density at radius 3 is 3.06 bits per heavy atom. The molecule has 1 unspecified atom stereocenters. The number of allylic oxidation sites excluding steroid dienone is 1. The van der Waals surface area contributed by atoms with Crippen LogP contribution in [-0.4, -0.2) is 23.3 Å². The predicted molar refractivity (Wildman–Crippen MR) is 64.6 cm³/mol. The SMILES string of the molecule is COCc1nnc(NC(C)C2=CCCCC2)o1. The summed E-state index contributed by atoms with van der Waals surface area (Å²) in [7, 11) is 1.60. The molecule has 0 bridgehead atoms. The van der Waals surface area contributed by atoms with E-state index in [1.54, 1.807) is 7.11 Å². The van der Waals surface area contributed by atoms with Crippen LogP contribution < -0.4 is 5.32 Å². The fourth-order valence-electron chi connectivity index (χ4n) is 2.03. The summed E-state index contributed by atoms with van der Waals surface area (Å²) in [5.41, 5.74) is 1.43. The number of nitrogens with zero attached hydrogens (tertiary/aromatic N) is 2. The first-order valence-electron chi connectivity index (χ1n) is 6.06. The van der Waals surface area contributed by atoms with Crippen molar-refractivity contribution in [3.63, 3.8) is 0 Å². The molecule has 0 saturated heterocycles. The standard InChI is InChI=1S/C12H19N3O2/c1-9(10-6-4-3-5-7-10)13-12-15-14-11(17-12)8-16-2/h6,9H,3-5,7-8H2,1-2H3,(H,13,15). The van der Waals surface area contributed by atoms with Crippen LogP contribution >= 0.6 is 0 Å². The highest BCUT2D eigenvalue weighted by molar-refractivity contribution is 5.27. The van der Waals surface area contributed by atoms with Crippen molar-refractivity contribution < 1.29 is 9.15 Å². The zero-order valence-corrected chi connectivity index (χ0v) is 10.4.